The zero-order valence-electron chi connectivity index (χ0n) is 17.9. The van der Waals surface area contributed by atoms with E-state index in [1.165, 1.54) is 24.3 Å². The van der Waals surface area contributed by atoms with Crippen LogP contribution in [0.4, 0.5) is 4.39 Å². The second-order valence-corrected chi connectivity index (χ2v) is 8.19. The van der Waals surface area contributed by atoms with Crippen molar-refractivity contribution in [1.82, 2.24) is 0 Å². The molecule has 0 aromatic heterocycles. The lowest BCUT2D eigenvalue weighted by Crippen LogP contribution is -2.40. The van der Waals surface area contributed by atoms with Crippen LogP contribution in [0, 0.1) is 5.82 Å². The fraction of sp³-hybridized carbons (Fsp3) is 0.391. The average Bonchev–Trinajstić information content (AvgIpc) is 2.70. The van der Waals surface area contributed by atoms with E-state index in [9.17, 15) is 14.0 Å². The number of benzene rings is 2. The largest absolute Gasteiger partial charge is 0.476 e. The summed E-state index contributed by atoms with van der Waals surface area (Å²) in [5.41, 5.74) is -2.46. The van der Waals surface area contributed by atoms with Crippen LogP contribution in [-0.4, -0.2) is 36.4 Å². The maximum Gasteiger partial charge on any atom is 0.349 e. The van der Waals surface area contributed by atoms with Crippen molar-refractivity contribution in [2.75, 3.05) is 13.2 Å². The number of hydrogen-bond acceptors (Lipinski definition) is 6. The van der Waals surface area contributed by atoms with Crippen LogP contribution < -0.4 is 9.47 Å². The highest BCUT2D eigenvalue weighted by Gasteiger charge is 2.33. The fourth-order valence-electron chi connectivity index (χ4n) is 2.41. The van der Waals surface area contributed by atoms with Crippen molar-refractivity contribution in [3.05, 3.63) is 59.4 Å². The van der Waals surface area contributed by atoms with Crippen molar-refractivity contribution in [1.29, 1.82) is 0 Å². The van der Waals surface area contributed by atoms with E-state index >= 15 is 0 Å². The van der Waals surface area contributed by atoms with Gasteiger partial charge in [-0.25, -0.2) is 14.0 Å². The molecule has 0 saturated carbocycles. The van der Waals surface area contributed by atoms with Crippen LogP contribution in [0.25, 0.3) is 0 Å². The molecule has 0 heterocycles. The molecule has 8 heteroatoms. The Kier molecular flexibility index (Phi) is 8.28. The molecule has 0 saturated heterocycles. The molecular weight excluding hydrogens is 427 g/mol. The van der Waals surface area contributed by atoms with Gasteiger partial charge in [0.1, 0.15) is 17.3 Å². The van der Waals surface area contributed by atoms with E-state index in [0.717, 1.165) is 0 Å². The third-order valence-electron chi connectivity index (χ3n) is 4.11. The minimum atomic E-state index is -1.26. The highest BCUT2D eigenvalue weighted by molar-refractivity contribution is 6.30. The summed E-state index contributed by atoms with van der Waals surface area (Å²) >= 11 is 5.84. The first kappa shape index (κ1) is 24.5. The summed E-state index contributed by atoms with van der Waals surface area (Å²) in [6.07, 6.45) is 0.307. The Morgan fingerprint density at radius 2 is 1.16 bits per heavy atom. The number of esters is 2. The van der Waals surface area contributed by atoms with Crippen LogP contribution in [0.2, 0.25) is 5.02 Å². The molecule has 0 unspecified atom stereocenters. The maximum absolute atomic E-state index is 13.0. The van der Waals surface area contributed by atoms with Crippen LogP contribution in [0.1, 0.15) is 34.1 Å². The molecule has 0 fully saturated rings. The molecule has 2 aromatic rings. The Balaban J connectivity index is 1.72. The zero-order chi connectivity index (χ0) is 23.1. The van der Waals surface area contributed by atoms with Gasteiger partial charge in [-0.2, -0.15) is 0 Å². The number of carbonyl (C=O) groups excluding carboxylic acids is 2. The molecule has 2 aromatic carbocycles. The van der Waals surface area contributed by atoms with E-state index in [2.05, 4.69) is 0 Å². The molecule has 31 heavy (non-hydrogen) atoms. The van der Waals surface area contributed by atoms with Gasteiger partial charge in [0.25, 0.3) is 0 Å². The summed E-state index contributed by atoms with van der Waals surface area (Å²) in [6, 6.07) is 12.0. The van der Waals surface area contributed by atoms with E-state index < -0.39 is 29.0 Å². The van der Waals surface area contributed by atoms with Gasteiger partial charge in [0.15, 0.2) is 11.2 Å². The van der Waals surface area contributed by atoms with Gasteiger partial charge in [0, 0.05) is 11.4 Å². The number of hydrogen-bond donors (Lipinski definition) is 0. The van der Waals surface area contributed by atoms with Crippen LogP contribution in [0.15, 0.2) is 48.5 Å². The Hall–Kier alpha value is -2.80. The Bertz CT molecular complexity index is 804. The lowest BCUT2D eigenvalue weighted by atomic mass is 10.1. The van der Waals surface area contributed by atoms with E-state index in [0.29, 0.717) is 22.9 Å². The second kappa shape index (κ2) is 10.5. The van der Waals surface area contributed by atoms with Crippen molar-refractivity contribution in [3.8, 4) is 11.5 Å². The van der Waals surface area contributed by atoms with Gasteiger partial charge in [0.05, 0.1) is 13.2 Å². The predicted molar refractivity (Wildman–Crippen MR) is 114 cm³/mol. The van der Waals surface area contributed by atoms with Gasteiger partial charge in [-0.3, -0.25) is 0 Å². The third kappa shape index (κ3) is 7.75. The Morgan fingerprint density at radius 3 is 1.58 bits per heavy atom. The second-order valence-electron chi connectivity index (χ2n) is 7.76. The molecule has 0 aliphatic carbocycles. The van der Waals surface area contributed by atoms with Crippen LogP contribution in [-0.2, 0) is 19.1 Å². The molecule has 168 valence electrons. The Morgan fingerprint density at radius 1 is 0.774 bits per heavy atom. The van der Waals surface area contributed by atoms with E-state index in [4.69, 9.17) is 30.5 Å². The van der Waals surface area contributed by atoms with Crippen LogP contribution >= 0.6 is 11.6 Å². The molecule has 0 amide bonds. The summed E-state index contributed by atoms with van der Waals surface area (Å²) in [4.78, 5) is 24.6. The first-order valence-electron chi connectivity index (χ1n) is 9.73. The molecular formula is C23H26ClFO6. The number of rotatable bonds is 10. The average molecular weight is 453 g/mol. The van der Waals surface area contributed by atoms with Crippen molar-refractivity contribution in [3.63, 3.8) is 0 Å². The zero-order valence-corrected chi connectivity index (χ0v) is 18.7. The minimum absolute atomic E-state index is 0.0425. The number of carbonyl (C=O) groups is 2. The molecule has 6 nitrogen and oxygen atoms in total. The summed E-state index contributed by atoms with van der Waals surface area (Å²) in [5.74, 6) is -0.698. The highest BCUT2D eigenvalue weighted by Crippen LogP contribution is 2.22. The molecule has 0 bridgehead atoms. The quantitative estimate of drug-likeness (QED) is 0.374. The summed E-state index contributed by atoms with van der Waals surface area (Å²) in [5, 5.41) is 0.563. The van der Waals surface area contributed by atoms with Crippen LogP contribution in [0.3, 0.4) is 0 Å². The first-order valence-corrected chi connectivity index (χ1v) is 10.1. The van der Waals surface area contributed by atoms with E-state index in [1.54, 1.807) is 52.0 Å². The van der Waals surface area contributed by atoms with Gasteiger partial charge in [0.2, 0.25) is 0 Å². The van der Waals surface area contributed by atoms with Gasteiger partial charge in [-0.15, -0.1) is 0 Å². The van der Waals surface area contributed by atoms with Crippen LogP contribution in [0.5, 0.6) is 11.5 Å². The fourth-order valence-corrected chi connectivity index (χ4v) is 2.54. The standard InChI is InChI=1S/C23H26ClFO6/c1-22(2,30-18-10-6-16(24)7-11-18)20(26)28-14-5-15-29-21(27)23(3,4)31-19-12-8-17(25)9-13-19/h6-13H,5,14-15H2,1-4H3. The van der Waals surface area contributed by atoms with Gasteiger partial charge < -0.3 is 18.9 Å². The molecule has 0 spiro atoms. The lowest BCUT2D eigenvalue weighted by molar-refractivity contribution is -0.162. The van der Waals surface area contributed by atoms with Crippen molar-refractivity contribution < 1.29 is 32.9 Å². The first-order chi connectivity index (χ1) is 14.5. The SMILES string of the molecule is CC(C)(Oc1ccc(F)cc1)C(=O)OCCCOC(=O)C(C)(C)Oc1ccc(Cl)cc1. The van der Waals surface area contributed by atoms with Gasteiger partial charge in [-0.1, -0.05) is 11.6 Å². The maximum atomic E-state index is 13.0. The number of ether oxygens (including phenoxy) is 4. The van der Waals surface area contributed by atoms with Crippen molar-refractivity contribution in [2.45, 2.75) is 45.3 Å². The van der Waals surface area contributed by atoms with Crippen molar-refractivity contribution in [2.24, 2.45) is 0 Å². The minimum Gasteiger partial charge on any atom is -0.476 e. The molecule has 0 aliphatic rings. The number of halogens is 2. The molecule has 0 aliphatic heterocycles. The molecule has 0 radical (unpaired) electrons. The third-order valence-corrected chi connectivity index (χ3v) is 4.36. The normalized spacial score (nSPS) is 11.5. The van der Waals surface area contributed by atoms with E-state index in [1.807, 2.05) is 0 Å². The monoisotopic (exact) mass is 452 g/mol. The van der Waals surface area contributed by atoms with Gasteiger partial charge in [-0.05, 0) is 76.2 Å². The summed E-state index contributed by atoms with van der Waals surface area (Å²) < 4.78 is 34.6. The molecule has 0 N–H and O–H groups in total. The van der Waals surface area contributed by atoms with E-state index in [-0.39, 0.29) is 13.2 Å². The molecule has 2 rings (SSSR count). The Labute approximate surface area is 186 Å². The predicted octanol–water partition coefficient (Wildman–Crippen LogP) is 4.97. The summed E-state index contributed by atoms with van der Waals surface area (Å²) in [7, 11) is 0. The summed E-state index contributed by atoms with van der Waals surface area (Å²) in [6.45, 7) is 6.39. The van der Waals surface area contributed by atoms with Crippen molar-refractivity contribution >= 4 is 23.5 Å². The lowest BCUT2D eigenvalue weighted by Gasteiger charge is -2.25. The smallest absolute Gasteiger partial charge is 0.349 e. The molecule has 0 atom stereocenters. The topological polar surface area (TPSA) is 71.1 Å². The highest BCUT2D eigenvalue weighted by atomic mass is 35.5. The van der Waals surface area contributed by atoms with Gasteiger partial charge >= 0.3 is 11.9 Å².